The van der Waals surface area contributed by atoms with Crippen LogP contribution in [0.5, 0.6) is 0 Å². The number of alkyl halides is 9. The molecule has 0 heterocycles. The second kappa shape index (κ2) is 8.04. The van der Waals surface area contributed by atoms with Crippen LogP contribution in [0.1, 0.15) is 18.1 Å². The zero-order chi connectivity index (χ0) is 15.2. The quantitative estimate of drug-likeness (QED) is 0.310. The van der Waals surface area contributed by atoms with Gasteiger partial charge in [-0.3, -0.25) is 0 Å². The van der Waals surface area contributed by atoms with E-state index in [4.69, 9.17) is 104 Å². The van der Waals surface area contributed by atoms with Gasteiger partial charge >= 0.3 is 29.6 Å². The molecule has 0 spiro atoms. The van der Waals surface area contributed by atoms with Gasteiger partial charge in [-0.05, 0) is 12.1 Å². The largest absolute Gasteiger partial charge is 1.00 e. The molecule has 0 saturated carbocycles. The number of rotatable bonds is 0. The van der Waals surface area contributed by atoms with Crippen LogP contribution in [0, 0.1) is 0 Å². The van der Waals surface area contributed by atoms with Gasteiger partial charge in [-0.2, -0.15) is 0 Å². The molecule has 0 saturated heterocycles. The van der Waals surface area contributed by atoms with Crippen LogP contribution in [0.2, 0.25) is 0 Å². The minimum atomic E-state index is -1.81. The smallest absolute Gasteiger partial charge is 1.00 e. The summed E-state index contributed by atoms with van der Waals surface area (Å²) in [6.45, 7) is 0. The van der Waals surface area contributed by atoms with E-state index in [9.17, 15) is 0 Å². The van der Waals surface area contributed by atoms with Crippen molar-refractivity contribution in [1.82, 2.24) is 0 Å². The summed E-state index contributed by atoms with van der Waals surface area (Å²) in [6, 6.07) is 2.75. The third-order valence-electron chi connectivity index (χ3n) is 2.05. The minimum absolute atomic E-state index is 0. The molecule has 0 N–H and O–H groups in total. The molecule has 0 nitrogen and oxygen atoms in total. The van der Waals surface area contributed by atoms with Crippen LogP contribution in [0.15, 0.2) is 17.0 Å². The second-order valence-electron chi connectivity index (χ2n) is 3.41. The van der Waals surface area contributed by atoms with Crippen molar-refractivity contribution in [3.8, 4) is 0 Å². The molecule has 1 rings (SSSR count). The Hall–Kier alpha value is 3.18. The Morgan fingerprint density at radius 3 is 1.20 bits per heavy atom. The SMILES string of the molecule is Sc1c(C(Cl)(Cl)Cl)cc(C(Cl)(Cl)Cl)cc1C(Cl)(Cl)Cl.[H-].[Na+]. The molecule has 0 aliphatic heterocycles. The van der Waals surface area contributed by atoms with Crippen molar-refractivity contribution < 1.29 is 31.0 Å². The molecule has 0 unspecified atom stereocenters. The van der Waals surface area contributed by atoms with Gasteiger partial charge in [0.15, 0.2) is 0 Å². The van der Waals surface area contributed by atoms with Crippen molar-refractivity contribution in [3.63, 3.8) is 0 Å². The Bertz CT molecular complexity index is 456. The van der Waals surface area contributed by atoms with E-state index in [1.54, 1.807) is 0 Å². The van der Waals surface area contributed by atoms with Crippen LogP contribution in [-0.2, 0) is 11.4 Å². The number of hydrogen-bond acceptors (Lipinski definition) is 1. The van der Waals surface area contributed by atoms with Crippen molar-refractivity contribution >= 4 is 117 Å². The molecule has 0 bridgehead atoms. The molecule has 0 fully saturated rings. The average Bonchev–Trinajstić information content (AvgIpc) is 2.11. The van der Waals surface area contributed by atoms with E-state index in [-0.39, 0.29) is 52.6 Å². The average molecular weight is 486 g/mol. The molecule has 20 heavy (non-hydrogen) atoms. The Kier molecular flexibility index (Phi) is 9.32. The van der Waals surface area contributed by atoms with Gasteiger partial charge in [0.25, 0.3) is 0 Å². The summed E-state index contributed by atoms with van der Waals surface area (Å²) in [5.74, 6) is 0. The summed E-state index contributed by atoms with van der Waals surface area (Å²) < 4.78 is -5.39. The zero-order valence-corrected chi connectivity index (χ0v) is 19.2. The summed E-state index contributed by atoms with van der Waals surface area (Å²) >= 11 is 56.6. The predicted molar refractivity (Wildman–Crippen MR) is 92.5 cm³/mol. The summed E-state index contributed by atoms with van der Waals surface area (Å²) in [7, 11) is 0. The van der Waals surface area contributed by atoms with E-state index in [1.165, 1.54) is 12.1 Å². The third-order valence-corrected chi connectivity index (χ3v) is 4.41. The minimum Gasteiger partial charge on any atom is -1.00 e. The van der Waals surface area contributed by atoms with Crippen molar-refractivity contribution in [2.75, 3.05) is 0 Å². The van der Waals surface area contributed by atoms with Gasteiger partial charge in [-0.25, -0.2) is 0 Å². The predicted octanol–water partition coefficient (Wildman–Crippen LogP) is 4.57. The summed E-state index contributed by atoms with van der Waals surface area (Å²) in [6.07, 6.45) is 0. The first-order chi connectivity index (χ1) is 8.24. The molecular weight excluding hydrogens is 482 g/mol. The van der Waals surface area contributed by atoms with Crippen molar-refractivity contribution in [2.24, 2.45) is 0 Å². The van der Waals surface area contributed by atoms with Crippen LogP contribution in [0.25, 0.3) is 0 Å². The first kappa shape index (κ1) is 23.2. The van der Waals surface area contributed by atoms with Gasteiger partial charge in [-0.15, -0.1) is 12.6 Å². The van der Waals surface area contributed by atoms with E-state index >= 15 is 0 Å². The Balaban J connectivity index is 0. The molecule has 0 amide bonds. The van der Waals surface area contributed by atoms with E-state index in [1.807, 2.05) is 0 Å². The van der Waals surface area contributed by atoms with Crippen molar-refractivity contribution in [1.29, 1.82) is 0 Å². The van der Waals surface area contributed by atoms with Gasteiger partial charge in [0, 0.05) is 21.6 Å². The number of halogens is 9. The van der Waals surface area contributed by atoms with Crippen LogP contribution < -0.4 is 29.6 Å². The zero-order valence-electron chi connectivity index (χ0n) is 10.5. The van der Waals surface area contributed by atoms with E-state index in [2.05, 4.69) is 12.6 Å². The summed E-state index contributed by atoms with van der Waals surface area (Å²) in [5.41, 5.74) is 0.481. The normalized spacial score (nSPS) is 13.1. The monoisotopic (exact) mass is 482 g/mol. The number of thiol groups is 1. The molecule has 11 heteroatoms. The molecular formula is C9H4Cl9NaS. The first-order valence-electron chi connectivity index (χ1n) is 4.33. The Morgan fingerprint density at radius 1 is 0.700 bits per heavy atom. The summed E-state index contributed by atoms with van der Waals surface area (Å²) in [5, 5.41) is 0. The molecule has 110 valence electrons. The van der Waals surface area contributed by atoms with Crippen molar-refractivity contribution in [2.45, 2.75) is 16.3 Å². The maximum Gasteiger partial charge on any atom is 1.00 e. The standard InChI is InChI=1S/C9H3Cl9S.Na.H/c10-7(11,12)3-1-4(8(13,14)15)6(19)5(2-3)9(16,17)18;;/h1-2,19H;;/q;+1;-1. The molecule has 1 aromatic rings. The van der Waals surface area contributed by atoms with Gasteiger partial charge in [0.05, 0.1) is 0 Å². The molecule has 0 aliphatic rings. The number of hydrogen-bond donors (Lipinski definition) is 1. The van der Waals surface area contributed by atoms with E-state index in [0.29, 0.717) is 0 Å². The van der Waals surface area contributed by atoms with Gasteiger partial charge in [0.1, 0.15) is 0 Å². The Labute approximate surface area is 190 Å². The van der Waals surface area contributed by atoms with E-state index in [0.717, 1.165) is 0 Å². The van der Waals surface area contributed by atoms with Crippen molar-refractivity contribution in [3.05, 3.63) is 28.8 Å². The maximum atomic E-state index is 5.83. The molecule has 1 aromatic carbocycles. The Morgan fingerprint density at radius 2 is 1.00 bits per heavy atom. The maximum absolute atomic E-state index is 5.83. The van der Waals surface area contributed by atoms with Crippen LogP contribution in [0.3, 0.4) is 0 Å². The number of benzene rings is 1. The third kappa shape index (κ3) is 6.24. The van der Waals surface area contributed by atoms with Gasteiger partial charge in [0.2, 0.25) is 11.4 Å². The second-order valence-corrected chi connectivity index (χ2v) is 10.7. The fourth-order valence-corrected chi connectivity index (χ4v) is 3.31. The van der Waals surface area contributed by atoms with Gasteiger partial charge < -0.3 is 1.43 Å². The van der Waals surface area contributed by atoms with Crippen LogP contribution in [0.4, 0.5) is 0 Å². The molecule has 0 aliphatic carbocycles. The van der Waals surface area contributed by atoms with Crippen LogP contribution >= 0.6 is 117 Å². The fourth-order valence-electron chi connectivity index (χ4n) is 1.23. The topological polar surface area (TPSA) is 0 Å². The molecule has 0 radical (unpaired) electrons. The molecule has 0 atom stereocenters. The first-order valence-corrected chi connectivity index (χ1v) is 8.18. The van der Waals surface area contributed by atoms with E-state index < -0.39 is 11.4 Å². The summed E-state index contributed by atoms with van der Waals surface area (Å²) in [4.78, 5) is 0.193. The fraction of sp³-hybridized carbons (Fsp3) is 0.333. The molecule has 0 aromatic heterocycles. The van der Waals surface area contributed by atoms with Crippen LogP contribution in [-0.4, -0.2) is 0 Å². The van der Waals surface area contributed by atoms with Gasteiger partial charge in [-0.1, -0.05) is 104 Å².